The second-order valence-corrected chi connectivity index (χ2v) is 11.9. The molecule has 188 valence electrons. The van der Waals surface area contributed by atoms with Crippen LogP contribution in [0.4, 0.5) is 0 Å². The summed E-state index contributed by atoms with van der Waals surface area (Å²) in [6, 6.07) is 7.26. The molecule has 35 heavy (non-hydrogen) atoms. The molecule has 0 heterocycles. The molecule has 5 rings (SSSR count). The molecule has 4 saturated carbocycles. The topological polar surface area (TPSA) is 77.5 Å². The van der Waals surface area contributed by atoms with Gasteiger partial charge in [-0.1, -0.05) is 50.7 Å². The van der Waals surface area contributed by atoms with Crippen molar-refractivity contribution in [3.8, 4) is 5.75 Å². The molecule has 4 fully saturated rings. The van der Waals surface area contributed by atoms with Gasteiger partial charge in [-0.2, -0.15) is 0 Å². The van der Waals surface area contributed by atoms with E-state index in [9.17, 15) is 19.2 Å². The summed E-state index contributed by atoms with van der Waals surface area (Å²) >= 11 is 0. The van der Waals surface area contributed by atoms with Gasteiger partial charge in [-0.15, -0.1) is 0 Å². The van der Waals surface area contributed by atoms with Crippen LogP contribution in [0.1, 0.15) is 101 Å². The summed E-state index contributed by atoms with van der Waals surface area (Å²) in [5, 5.41) is 0. The van der Waals surface area contributed by atoms with Crippen LogP contribution in [0.15, 0.2) is 24.3 Å². The van der Waals surface area contributed by atoms with Crippen LogP contribution in [0.5, 0.6) is 5.75 Å². The summed E-state index contributed by atoms with van der Waals surface area (Å²) in [4.78, 5) is 54.8. The van der Waals surface area contributed by atoms with Gasteiger partial charge in [-0.25, -0.2) is 0 Å². The van der Waals surface area contributed by atoms with E-state index in [1.165, 1.54) is 0 Å². The maximum absolute atomic E-state index is 13.7. The summed E-state index contributed by atoms with van der Waals surface area (Å²) in [6.45, 7) is 0. The Balaban J connectivity index is 1.49. The molecule has 0 N–H and O–H groups in total. The van der Waals surface area contributed by atoms with Crippen molar-refractivity contribution < 1.29 is 23.9 Å². The van der Waals surface area contributed by atoms with E-state index in [-0.39, 0.29) is 34.0 Å². The van der Waals surface area contributed by atoms with Gasteiger partial charge >= 0.3 is 0 Å². The Morgan fingerprint density at radius 3 is 1.34 bits per heavy atom. The van der Waals surface area contributed by atoms with Crippen molar-refractivity contribution in [1.29, 1.82) is 0 Å². The number of hydrogen-bond acceptors (Lipinski definition) is 5. The van der Waals surface area contributed by atoms with Crippen molar-refractivity contribution in [3.63, 3.8) is 0 Å². The minimum atomic E-state index is -0.908. The molecule has 2 spiro atoms. The quantitative estimate of drug-likeness (QED) is 0.513. The summed E-state index contributed by atoms with van der Waals surface area (Å²) in [5.41, 5.74) is 0.309. The first-order chi connectivity index (χ1) is 16.9. The third-order valence-electron chi connectivity index (χ3n) is 9.63. The Morgan fingerprint density at radius 1 is 0.629 bits per heavy atom. The average Bonchev–Trinajstić information content (AvgIpc) is 2.83. The van der Waals surface area contributed by atoms with Crippen molar-refractivity contribution in [2.75, 3.05) is 7.11 Å². The number of hydrogen-bond donors (Lipinski definition) is 0. The summed E-state index contributed by atoms with van der Waals surface area (Å²) in [5.74, 6) is -2.13. The molecule has 0 unspecified atom stereocenters. The van der Waals surface area contributed by atoms with Gasteiger partial charge < -0.3 is 4.74 Å². The molecule has 0 atom stereocenters. The van der Waals surface area contributed by atoms with Crippen molar-refractivity contribution >= 4 is 23.1 Å². The zero-order valence-electron chi connectivity index (χ0n) is 21.0. The normalized spacial score (nSPS) is 27.9. The SMILES string of the molecule is COc1ccc(C(C2C(=O)CC3(CCCCC3)CC2=O)C2C(=O)CC3(CCCCC3)CC2=O)cc1. The van der Waals surface area contributed by atoms with Gasteiger partial charge in [0.05, 0.1) is 18.9 Å². The van der Waals surface area contributed by atoms with Gasteiger partial charge in [-0.3, -0.25) is 19.2 Å². The Labute approximate surface area is 208 Å². The highest BCUT2D eigenvalue weighted by Crippen LogP contribution is 2.53. The second-order valence-electron chi connectivity index (χ2n) is 11.9. The van der Waals surface area contributed by atoms with Crippen LogP contribution in [-0.4, -0.2) is 30.2 Å². The first-order valence-electron chi connectivity index (χ1n) is 13.6. The monoisotopic (exact) mass is 478 g/mol. The molecule has 5 heteroatoms. The molecule has 0 radical (unpaired) electrons. The zero-order chi connectivity index (χ0) is 24.6. The lowest BCUT2D eigenvalue weighted by Gasteiger charge is -2.46. The first-order valence-corrected chi connectivity index (χ1v) is 13.6. The van der Waals surface area contributed by atoms with Gasteiger partial charge in [0.15, 0.2) is 0 Å². The number of methoxy groups -OCH3 is 1. The van der Waals surface area contributed by atoms with Gasteiger partial charge in [0.2, 0.25) is 0 Å². The van der Waals surface area contributed by atoms with Crippen molar-refractivity contribution in [3.05, 3.63) is 29.8 Å². The van der Waals surface area contributed by atoms with E-state index in [0.717, 1.165) is 69.8 Å². The van der Waals surface area contributed by atoms with Gasteiger partial charge in [0.25, 0.3) is 0 Å². The van der Waals surface area contributed by atoms with Crippen molar-refractivity contribution in [2.45, 2.75) is 95.8 Å². The fraction of sp³-hybridized carbons (Fsp3) is 0.667. The van der Waals surface area contributed by atoms with E-state index in [2.05, 4.69) is 0 Å². The number of rotatable bonds is 4. The molecule has 0 bridgehead atoms. The number of Topliss-reactive ketones (excluding diaryl/α,β-unsaturated/α-hetero) is 4. The fourth-order valence-electron chi connectivity index (χ4n) is 7.92. The van der Waals surface area contributed by atoms with E-state index >= 15 is 0 Å². The fourth-order valence-corrected chi connectivity index (χ4v) is 7.92. The first kappa shape index (κ1) is 24.4. The summed E-state index contributed by atoms with van der Waals surface area (Å²) < 4.78 is 5.31. The molecule has 0 amide bonds. The van der Waals surface area contributed by atoms with Crippen LogP contribution in [0, 0.1) is 22.7 Å². The molecule has 0 aromatic heterocycles. The average molecular weight is 479 g/mol. The Kier molecular flexibility index (Phi) is 6.71. The molecule has 0 saturated heterocycles. The molecule has 1 aromatic carbocycles. The highest BCUT2D eigenvalue weighted by molar-refractivity contribution is 6.11. The van der Waals surface area contributed by atoms with Crippen LogP contribution in [0.25, 0.3) is 0 Å². The lowest BCUT2D eigenvalue weighted by molar-refractivity contribution is -0.147. The number of carbonyl (C=O) groups is 4. The molecule has 1 aromatic rings. The van der Waals surface area contributed by atoms with Crippen LogP contribution in [0.2, 0.25) is 0 Å². The van der Waals surface area contributed by atoms with Gasteiger partial charge in [0.1, 0.15) is 28.9 Å². The van der Waals surface area contributed by atoms with Crippen molar-refractivity contribution in [1.82, 2.24) is 0 Å². The maximum Gasteiger partial charge on any atom is 0.144 e. The van der Waals surface area contributed by atoms with E-state index in [1.807, 2.05) is 12.1 Å². The van der Waals surface area contributed by atoms with Gasteiger partial charge in [0, 0.05) is 31.6 Å². The molecular weight excluding hydrogens is 440 g/mol. The minimum absolute atomic E-state index is 0.0671. The lowest BCUT2D eigenvalue weighted by atomic mass is 9.55. The highest BCUT2D eigenvalue weighted by Gasteiger charge is 2.55. The predicted molar refractivity (Wildman–Crippen MR) is 132 cm³/mol. The highest BCUT2D eigenvalue weighted by atomic mass is 16.5. The Bertz CT molecular complexity index is 896. The number of benzene rings is 1. The van der Waals surface area contributed by atoms with E-state index < -0.39 is 17.8 Å². The third kappa shape index (κ3) is 4.63. The van der Waals surface area contributed by atoms with Gasteiger partial charge in [-0.05, 0) is 54.2 Å². The van der Waals surface area contributed by atoms with E-state index in [1.54, 1.807) is 19.2 Å². The number of ketones is 4. The number of carbonyl (C=O) groups excluding carboxylic acids is 4. The van der Waals surface area contributed by atoms with E-state index in [0.29, 0.717) is 31.4 Å². The van der Waals surface area contributed by atoms with Crippen LogP contribution < -0.4 is 4.74 Å². The minimum Gasteiger partial charge on any atom is -0.497 e. The van der Waals surface area contributed by atoms with Crippen molar-refractivity contribution in [2.24, 2.45) is 22.7 Å². The van der Waals surface area contributed by atoms with E-state index in [4.69, 9.17) is 4.74 Å². The summed E-state index contributed by atoms with van der Waals surface area (Å²) in [6.07, 6.45) is 11.9. The standard InChI is InChI=1S/C30H38O5/c1-35-21-10-8-20(9-11-21)26(27-22(31)16-29(17-23(27)32)12-4-2-5-13-29)28-24(33)18-30(19-25(28)34)14-6-3-7-15-30/h8-11,26-28H,2-7,12-19H2,1H3. The predicted octanol–water partition coefficient (Wildman–Crippen LogP) is 5.78. The zero-order valence-corrected chi connectivity index (χ0v) is 21.0. The van der Waals surface area contributed by atoms with Crippen LogP contribution >= 0.6 is 0 Å². The maximum atomic E-state index is 13.7. The smallest absolute Gasteiger partial charge is 0.144 e. The largest absolute Gasteiger partial charge is 0.497 e. The second kappa shape index (κ2) is 9.63. The molecule has 4 aliphatic carbocycles. The number of ether oxygens (including phenoxy) is 1. The lowest BCUT2D eigenvalue weighted by Crippen LogP contribution is -2.50. The molecule has 4 aliphatic rings. The third-order valence-corrected chi connectivity index (χ3v) is 9.63. The molecule has 5 nitrogen and oxygen atoms in total. The molecular formula is C30H38O5. The van der Waals surface area contributed by atoms with Crippen LogP contribution in [-0.2, 0) is 19.2 Å². The Hall–Kier alpha value is -2.30. The molecule has 0 aliphatic heterocycles. The Morgan fingerprint density at radius 2 is 1.00 bits per heavy atom. The summed E-state index contributed by atoms with van der Waals surface area (Å²) in [7, 11) is 1.59. The van der Waals surface area contributed by atoms with Crippen LogP contribution in [0.3, 0.4) is 0 Å².